The molecule has 0 fully saturated rings. The average Bonchev–Trinajstić information content (AvgIpc) is 2.36. The van der Waals surface area contributed by atoms with Crippen molar-refractivity contribution in [2.75, 3.05) is 13.7 Å². The Bertz CT molecular complexity index is 517. The van der Waals surface area contributed by atoms with Gasteiger partial charge in [-0.2, -0.15) is 0 Å². The molecule has 1 rings (SSSR count). The van der Waals surface area contributed by atoms with E-state index in [1.54, 1.807) is 0 Å². The average molecular weight is 264 g/mol. The van der Waals surface area contributed by atoms with Crippen LogP contribution in [0.2, 0.25) is 0 Å². The quantitative estimate of drug-likeness (QED) is 0.463. The first kappa shape index (κ1) is 14.9. The topological polar surface area (TPSA) is 83.8 Å². The van der Waals surface area contributed by atoms with Crippen LogP contribution in [0.5, 0.6) is 11.5 Å². The van der Waals surface area contributed by atoms with E-state index in [4.69, 9.17) is 4.74 Å². The summed E-state index contributed by atoms with van der Waals surface area (Å²) in [5.74, 6) is -0.678. The molecule has 0 atom stereocenters. The summed E-state index contributed by atoms with van der Waals surface area (Å²) in [6.07, 6.45) is 2.32. The molecule has 102 valence electrons. The molecule has 0 aliphatic heterocycles. The lowest BCUT2D eigenvalue weighted by Crippen LogP contribution is -1.99. The van der Waals surface area contributed by atoms with E-state index in [1.165, 1.54) is 32.2 Å². The van der Waals surface area contributed by atoms with E-state index in [0.717, 1.165) is 0 Å². The van der Waals surface area contributed by atoms with Crippen molar-refractivity contribution in [3.63, 3.8) is 0 Å². The summed E-state index contributed by atoms with van der Waals surface area (Å²) in [5.41, 5.74) is 0.748. The Balaban J connectivity index is 3.10. The number of benzene rings is 1. The Morgan fingerprint density at radius 1 is 1.37 bits per heavy atom. The van der Waals surface area contributed by atoms with Crippen molar-refractivity contribution in [3.8, 4) is 11.5 Å². The van der Waals surface area contributed by atoms with E-state index >= 15 is 0 Å². The van der Waals surface area contributed by atoms with Crippen LogP contribution in [0.3, 0.4) is 0 Å². The van der Waals surface area contributed by atoms with Gasteiger partial charge in [-0.3, -0.25) is 9.59 Å². The Hall–Kier alpha value is -2.14. The van der Waals surface area contributed by atoms with Gasteiger partial charge in [-0.25, -0.2) is 0 Å². The number of phenolic OH excluding ortho intramolecular Hbond substituents is 2. The lowest BCUT2D eigenvalue weighted by molar-refractivity contribution is -0.105. The molecule has 5 nitrogen and oxygen atoms in total. The molecule has 2 N–H and O–H groups in total. The third-order valence-corrected chi connectivity index (χ3v) is 2.67. The number of phenols is 2. The first-order valence-electron chi connectivity index (χ1n) is 5.69. The summed E-state index contributed by atoms with van der Waals surface area (Å²) in [5, 5.41) is 19.6. The number of aldehydes is 1. The van der Waals surface area contributed by atoms with Crippen molar-refractivity contribution in [1.29, 1.82) is 0 Å². The van der Waals surface area contributed by atoms with E-state index in [9.17, 15) is 19.8 Å². The van der Waals surface area contributed by atoms with Crippen LogP contribution in [0, 0.1) is 0 Å². The van der Waals surface area contributed by atoms with Crippen LogP contribution in [-0.4, -0.2) is 36.0 Å². The molecule has 5 heteroatoms. The summed E-state index contributed by atoms with van der Waals surface area (Å²) in [6.45, 7) is 1.48. The van der Waals surface area contributed by atoms with Crippen molar-refractivity contribution >= 4 is 12.1 Å². The molecule has 0 saturated heterocycles. The van der Waals surface area contributed by atoms with Crippen molar-refractivity contribution in [2.24, 2.45) is 0 Å². The zero-order chi connectivity index (χ0) is 14.4. The van der Waals surface area contributed by atoms with Crippen LogP contribution >= 0.6 is 0 Å². The third kappa shape index (κ3) is 3.66. The van der Waals surface area contributed by atoms with E-state index in [0.29, 0.717) is 11.9 Å². The Morgan fingerprint density at radius 2 is 2.05 bits per heavy atom. The van der Waals surface area contributed by atoms with Gasteiger partial charge in [-0.15, -0.1) is 0 Å². The van der Waals surface area contributed by atoms with Crippen LogP contribution < -0.4 is 0 Å². The second-order valence-corrected chi connectivity index (χ2v) is 4.05. The second-order valence-electron chi connectivity index (χ2n) is 4.05. The van der Waals surface area contributed by atoms with Gasteiger partial charge >= 0.3 is 0 Å². The number of hydrogen-bond donors (Lipinski definition) is 2. The minimum absolute atomic E-state index is 0.124. The molecule has 19 heavy (non-hydrogen) atoms. The minimum Gasteiger partial charge on any atom is -0.508 e. The Morgan fingerprint density at radius 3 is 2.58 bits per heavy atom. The number of ketones is 1. The summed E-state index contributed by atoms with van der Waals surface area (Å²) in [4.78, 5) is 22.0. The molecule has 0 aromatic heterocycles. The standard InChI is InChI=1S/C14H16O5/c1-9(16)11-5-6-13(17)12(14(11)18)4-3-10(7-15)8-19-2/h3,5-7,17-18H,4,8H2,1-2H3. The zero-order valence-electron chi connectivity index (χ0n) is 10.8. The number of Topliss-reactive ketones (excluding diaryl/α,β-unsaturated/α-hetero) is 1. The van der Waals surface area contributed by atoms with Gasteiger partial charge in [0.25, 0.3) is 0 Å². The lowest BCUT2D eigenvalue weighted by Gasteiger charge is -2.09. The molecule has 0 bridgehead atoms. The molecule has 0 saturated carbocycles. The van der Waals surface area contributed by atoms with Crippen LogP contribution in [-0.2, 0) is 16.0 Å². The molecule has 1 aromatic carbocycles. The van der Waals surface area contributed by atoms with Gasteiger partial charge in [0.2, 0.25) is 0 Å². The van der Waals surface area contributed by atoms with Gasteiger partial charge < -0.3 is 14.9 Å². The lowest BCUT2D eigenvalue weighted by atomic mass is 10.0. The maximum atomic E-state index is 11.3. The van der Waals surface area contributed by atoms with E-state index in [2.05, 4.69) is 0 Å². The number of carbonyl (C=O) groups is 2. The summed E-state index contributed by atoms with van der Waals surface area (Å²) in [7, 11) is 1.46. The van der Waals surface area contributed by atoms with Crippen molar-refractivity contribution in [3.05, 3.63) is 34.9 Å². The normalized spacial score (nSPS) is 11.4. The number of carbonyl (C=O) groups excluding carboxylic acids is 2. The maximum absolute atomic E-state index is 11.3. The molecule has 0 heterocycles. The number of aromatic hydroxyl groups is 2. The van der Waals surface area contributed by atoms with Gasteiger partial charge in [-0.1, -0.05) is 6.08 Å². The Kier molecular flexibility index (Phi) is 5.26. The fourth-order valence-electron chi connectivity index (χ4n) is 1.65. The molecule has 0 radical (unpaired) electrons. The largest absolute Gasteiger partial charge is 0.508 e. The minimum atomic E-state index is -0.296. The number of ether oxygens (including phenoxy) is 1. The summed E-state index contributed by atoms with van der Waals surface area (Å²) in [6, 6.07) is 2.70. The predicted molar refractivity (Wildman–Crippen MR) is 69.5 cm³/mol. The maximum Gasteiger partial charge on any atom is 0.163 e. The highest BCUT2D eigenvalue weighted by Crippen LogP contribution is 2.31. The summed E-state index contributed by atoms with van der Waals surface area (Å²) < 4.78 is 4.83. The van der Waals surface area contributed by atoms with Gasteiger partial charge in [0.05, 0.1) is 12.2 Å². The van der Waals surface area contributed by atoms with E-state index in [-0.39, 0.29) is 41.4 Å². The smallest absolute Gasteiger partial charge is 0.163 e. The zero-order valence-corrected chi connectivity index (χ0v) is 10.8. The van der Waals surface area contributed by atoms with Gasteiger partial charge in [0.15, 0.2) is 5.78 Å². The van der Waals surface area contributed by atoms with E-state index < -0.39 is 0 Å². The number of allylic oxidation sites excluding steroid dienone is 1. The first-order valence-corrected chi connectivity index (χ1v) is 5.69. The highest BCUT2D eigenvalue weighted by molar-refractivity contribution is 5.97. The fourth-order valence-corrected chi connectivity index (χ4v) is 1.65. The number of methoxy groups -OCH3 is 1. The SMILES string of the molecule is COCC(C=O)=CCc1c(O)ccc(C(C)=O)c1O. The number of hydrogen-bond acceptors (Lipinski definition) is 5. The first-order chi connectivity index (χ1) is 9.01. The third-order valence-electron chi connectivity index (χ3n) is 2.67. The molecule has 0 unspecified atom stereocenters. The Labute approximate surface area is 111 Å². The van der Waals surface area contributed by atoms with Crippen LogP contribution in [0.1, 0.15) is 22.8 Å². The number of rotatable bonds is 6. The summed E-state index contributed by atoms with van der Waals surface area (Å²) >= 11 is 0. The molecule has 0 aliphatic rings. The van der Waals surface area contributed by atoms with Crippen molar-refractivity contribution in [2.45, 2.75) is 13.3 Å². The predicted octanol–water partition coefficient (Wildman–Crippen LogP) is 1.61. The second kappa shape index (κ2) is 6.70. The highest BCUT2D eigenvalue weighted by atomic mass is 16.5. The van der Waals surface area contributed by atoms with Gasteiger partial charge in [-0.05, 0) is 25.5 Å². The molecule has 1 aromatic rings. The molecule has 0 aliphatic carbocycles. The van der Waals surface area contributed by atoms with Crippen LogP contribution in [0.25, 0.3) is 0 Å². The van der Waals surface area contributed by atoms with E-state index in [1.807, 2.05) is 0 Å². The fraction of sp³-hybridized carbons (Fsp3) is 0.286. The molecular weight excluding hydrogens is 248 g/mol. The van der Waals surface area contributed by atoms with Crippen LogP contribution in [0.4, 0.5) is 0 Å². The monoisotopic (exact) mass is 264 g/mol. The van der Waals surface area contributed by atoms with Gasteiger partial charge in [0, 0.05) is 18.2 Å². The molecular formula is C14H16O5. The highest BCUT2D eigenvalue weighted by Gasteiger charge is 2.14. The van der Waals surface area contributed by atoms with Crippen molar-refractivity contribution < 1.29 is 24.5 Å². The molecule has 0 spiro atoms. The van der Waals surface area contributed by atoms with Crippen LogP contribution in [0.15, 0.2) is 23.8 Å². The van der Waals surface area contributed by atoms with Gasteiger partial charge in [0.1, 0.15) is 17.8 Å². The molecule has 0 amide bonds. The van der Waals surface area contributed by atoms with Crippen molar-refractivity contribution in [1.82, 2.24) is 0 Å².